The Morgan fingerprint density at radius 2 is 2.16 bits per heavy atom. The number of carboxylic acid groups (broad SMARTS) is 1. The van der Waals surface area contributed by atoms with Gasteiger partial charge >= 0.3 is 5.97 Å². The highest BCUT2D eigenvalue weighted by Crippen LogP contribution is 2.33. The van der Waals surface area contributed by atoms with Gasteiger partial charge in [0, 0.05) is 22.2 Å². The minimum Gasteiger partial charge on any atom is -0.477 e. The van der Waals surface area contributed by atoms with Crippen LogP contribution in [0.15, 0.2) is 18.2 Å². The lowest BCUT2D eigenvalue weighted by Crippen LogP contribution is -2.21. The van der Waals surface area contributed by atoms with Crippen molar-refractivity contribution in [1.82, 2.24) is 5.32 Å². The SMILES string of the molecule is O=C(O)c1sc2cccc(F)c2c1CNCC(F)F. The first kappa shape index (κ1) is 13.8. The third-order valence-corrected chi connectivity index (χ3v) is 3.74. The van der Waals surface area contributed by atoms with Crippen LogP contribution in [0.25, 0.3) is 10.1 Å². The highest BCUT2D eigenvalue weighted by Gasteiger charge is 2.20. The minimum absolute atomic E-state index is 0.0260. The first-order valence-electron chi connectivity index (χ1n) is 5.42. The van der Waals surface area contributed by atoms with Crippen LogP contribution in [0, 0.1) is 5.82 Å². The Morgan fingerprint density at radius 1 is 1.42 bits per heavy atom. The number of hydrogen-bond donors (Lipinski definition) is 2. The van der Waals surface area contributed by atoms with Crippen LogP contribution in [0.1, 0.15) is 15.2 Å². The summed E-state index contributed by atoms with van der Waals surface area (Å²) in [5, 5.41) is 11.7. The quantitative estimate of drug-likeness (QED) is 0.889. The first-order chi connectivity index (χ1) is 9.00. The molecule has 0 spiro atoms. The van der Waals surface area contributed by atoms with Crippen molar-refractivity contribution < 1.29 is 23.1 Å². The molecule has 0 saturated carbocycles. The van der Waals surface area contributed by atoms with E-state index < -0.39 is 24.8 Å². The maximum atomic E-state index is 13.7. The van der Waals surface area contributed by atoms with Gasteiger partial charge in [0.1, 0.15) is 10.7 Å². The van der Waals surface area contributed by atoms with E-state index in [1.807, 2.05) is 0 Å². The molecule has 0 aliphatic rings. The largest absolute Gasteiger partial charge is 0.477 e. The molecule has 0 saturated heterocycles. The molecule has 0 aliphatic carbocycles. The van der Waals surface area contributed by atoms with Crippen LogP contribution in [-0.2, 0) is 6.54 Å². The predicted molar refractivity (Wildman–Crippen MR) is 66.5 cm³/mol. The molecule has 0 bridgehead atoms. The molecule has 0 radical (unpaired) electrons. The summed E-state index contributed by atoms with van der Waals surface area (Å²) in [4.78, 5) is 11.1. The standard InChI is InChI=1S/C12H10F3NO2S/c13-7-2-1-3-8-10(7)6(4-16-5-9(14)15)11(19-8)12(17)18/h1-3,9,16H,4-5H2,(H,17,18). The molecular weight excluding hydrogens is 279 g/mol. The van der Waals surface area contributed by atoms with Crippen molar-refractivity contribution in [3.8, 4) is 0 Å². The number of rotatable bonds is 5. The van der Waals surface area contributed by atoms with Gasteiger partial charge in [-0.15, -0.1) is 11.3 Å². The number of aromatic carboxylic acids is 1. The fraction of sp³-hybridized carbons (Fsp3) is 0.250. The summed E-state index contributed by atoms with van der Waals surface area (Å²) < 4.78 is 38.4. The molecule has 2 aromatic rings. The normalized spacial score (nSPS) is 11.4. The Bertz CT molecular complexity index is 612. The Hall–Kier alpha value is -1.60. The highest BCUT2D eigenvalue weighted by molar-refractivity contribution is 7.21. The molecule has 2 rings (SSSR count). The molecule has 102 valence electrons. The van der Waals surface area contributed by atoms with Crippen molar-refractivity contribution in [2.45, 2.75) is 13.0 Å². The summed E-state index contributed by atoms with van der Waals surface area (Å²) in [7, 11) is 0. The maximum absolute atomic E-state index is 13.7. The average molecular weight is 289 g/mol. The number of thiophene rings is 1. The molecule has 2 N–H and O–H groups in total. The van der Waals surface area contributed by atoms with Gasteiger partial charge in [0.2, 0.25) is 0 Å². The fourth-order valence-corrected chi connectivity index (χ4v) is 2.89. The van der Waals surface area contributed by atoms with Crippen molar-refractivity contribution in [1.29, 1.82) is 0 Å². The Balaban J connectivity index is 2.43. The summed E-state index contributed by atoms with van der Waals surface area (Å²) in [6, 6.07) is 4.31. The third kappa shape index (κ3) is 2.87. The van der Waals surface area contributed by atoms with Gasteiger partial charge in [0.25, 0.3) is 6.43 Å². The molecule has 0 atom stereocenters. The van der Waals surface area contributed by atoms with Gasteiger partial charge in [-0.25, -0.2) is 18.0 Å². The summed E-state index contributed by atoms with van der Waals surface area (Å²) in [5.74, 6) is -1.73. The molecule has 0 fully saturated rings. The lowest BCUT2D eigenvalue weighted by Gasteiger charge is -2.05. The summed E-state index contributed by atoms with van der Waals surface area (Å²) >= 11 is 0.938. The van der Waals surface area contributed by atoms with Crippen LogP contribution >= 0.6 is 11.3 Å². The van der Waals surface area contributed by atoms with Gasteiger partial charge in [-0.1, -0.05) is 6.07 Å². The van der Waals surface area contributed by atoms with Crippen LogP contribution in [0.5, 0.6) is 0 Å². The Labute approximate surface area is 110 Å². The second-order valence-electron chi connectivity index (χ2n) is 3.85. The van der Waals surface area contributed by atoms with E-state index in [0.29, 0.717) is 4.70 Å². The van der Waals surface area contributed by atoms with Crippen LogP contribution in [0.3, 0.4) is 0 Å². The van der Waals surface area contributed by atoms with E-state index in [9.17, 15) is 18.0 Å². The number of carbonyl (C=O) groups is 1. The van der Waals surface area contributed by atoms with Gasteiger partial charge in [0.05, 0.1) is 6.54 Å². The Morgan fingerprint density at radius 3 is 2.79 bits per heavy atom. The van der Waals surface area contributed by atoms with Gasteiger partial charge in [-0.2, -0.15) is 0 Å². The lowest BCUT2D eigenvalue weighted by atomic mass is 10.1. The number of benzene rings is 1. The maximum Gasteiger partial charge on any atom is 0.346 e. The topological polar surface area (TPSA) is 49.3 Å². The summed E-state index contributed by atoms with van der Waals surface area (Å²) in [6.45, 7) is -0.669. The number of fused-ring (bicyclic) bond motifs is 1. The number of hydrogen-bond acceptors (Lipinski definition) is 3. The molecule has 1 heterocycles. The second-order valence-corrected chi connectivity index (χ2v) is 4.90. The number of carboxylic acids is 1. The predicted octanol–water partition coefficient (Wildman–Crippen LogP) is 3.09. The van der Waals surface area contributed by atoms with Gasteiger partial charge in [-0.05, 0) is 12.1 Å². The van der Waals surface area contributed by atoms with Crippen LogP contribution in [0.2, 0.25) is 0 Å². The van der Waals surface area contributed by atoms with Crippen molar-refractivity contribution in [2.24, 2.45) is 0 Å². The minimum atomic E-state index is -2.54. The monoisotopic (exact) mass is 289 g/mol. The fourth-order valence-electron chi connectivity index (χ4n) is 1.82. The first-order valence-corrected chi connectivity index (χ1v) is 6.24. The zero-order valence-electron chi connectivity index (χ0n) is 9.62. The van der Waals surface area contributed by atoms with Gasteiger partial charge < -0.3 is 10.4 Å². The Kier molecular flexibility index (Phi) is 4.06. The van der Waals surface area contributed by atoms with E-state index in [-0.39, 0.29) is 22.4 Å². The molecule has 0 amide bonds. The van der Waals surface area contributed by atoms with E-state index in [1.54, 1.807) is 6.07 Å². The van der Waals surface area contributed by atoms with Crippen molar-refractivity contribution >= 4 is 27.4 Å². The average Bonchev–Trinajstić information content (AvgIpc) is 2.69. The van der Waals surface area contributed by atoms with E-state index in [2.05, 4.69) is 5.32 Å². The van der Waals surface area contributed by atoms with Crippen LogP contribution in [-0.4, -0.2) is 24.0 Å². The zero-order chi connectivity index (χ0) is 14.0. The molecule has 7 heteroatoms. The second kappa shape index (κ2) is 5.58. The molecule has 1 aromatic carbocycles. The summed E-state index contributed by atoms with van der Waals surface area (Å²) in [5.41, 5.74) is 0.214. The van der Waals surface area contributed by atoms with Crippen LogP contribution in [0.4, 0.5) is 13.2 Å². The van der Waals surface area contributed by atoms with Crippen molar-refractivity contribution in [2.75, 3.05) is 6.54 Å². The van der Waals surface area contributed by atoms with E-state index in [1.165, 1.54) is 12.1 Å². The molecule has 1 aromatic heterocycles. The molecular formula is C12H10F3NO2S. The van der Waals surface area contributed by atoms with Crippen molar-refractivity contribution in [3.05, 3.63) is 34.5 Å². The molecule has 19 heavy (non-hydrogen) atoms. The molecule has 3 nitrogen and oxygen atoms in total. The smallest absolute Gasteiger partial charge is 0.346 e. The summed E-state index contributed by atoms with van der Waals surface area (Å²) in [6.07, 6.45) is -2.54. The third-order valence-electron chi connectivity index (χ3n) is 2.56. The van der Waals surface area contributed by atoms with E-state index >= 15 is 0 Å². The molecule has 0 unspecified atom stereocenters. The number of nitrogens with one attached hydrogen (secondary N) is 1. The highest BCUT2D eigenvalue weighted by atomic mass is 32.1. The lowest BCUT2D eigenvalue weighted by molar-refractivity contribution is 0.0701. The number of halogens is 3. The van der Waals surface area contributed by atoms with E-state index in [4.69, 9.17) is 5.11 Å². The van der Waals surface area contributed by atoms with Gasteiger partial charge in [-0.3, -0.25) is 0 Å². The zero-order valence-corrected chi connectivity index (χ0v) is 10.4. The number of alkyl halides is 2. The van der Waals surface area contributed by atoms with Crippen molar-refractivity contribution in [3.63, 3.8) is 0 Å². The van der Waals surface area contributed by atoms with Crippen LogP contribution < -0.4 is 5.32 Å². The molecule has 0 aliphatic heterocycles. The van der Waals surface area contributed by atoms with Gasteiger partial charge in [0.15, 0.2) is 0 Å². The van der Waals surface area contributed by atoms with E-state index in [0.717, 1.165) is 11.3 Å².